The van der Waals surface area contributed by atoms with Crippen molar-refractivity contribution in [1.82, 2.24) is 0 Å². The van der Waals surface area contributed by atoms with Crippen molar-refractivity contribution in [2.75, 3.05) is 18.6 Å². The van der Waals surface area contributed by atoms with Crippen LogP contribution in [0.3, 0.4) is 0 Å². The molecule has 7 nitrogen and oxygen atoms in total. The van der Waals surface area contributed by atoms with E-state index in [1.54, 1.807) is 61.7 Å². The van der Waals surface area contributed by atoms with Crippen molar-refractivity contribution in [3.05, 3.63) is 89.5 Å². The van der Waals surface area contributed by atoms with Gasteiger partial charge in [-0.05, 0) is 73.9 Å². The summed E-state index contributed by atoms with van der Waals surface area (Å²) in [6.45, 7) is 8.44. The highest BCUT2D eigenvalue weighted by Crippen LogP contribution is 2.43. The summed E-state index contributed by atoms with van der Waals surface area (Å²) in [5.41, 5.74) is 1.51. The van der Waals surface area contributed by atoms with E-state index in [1.165, 1.54) is 4.90 Å². The van der Waals surface area contributed by atoms with Crippen LogP contribution in [0.1, 0.15) is 44.9 Å². The second-order valence-electron chi connectivity index (χ2n) is 9.84. The molecule has 0 aromatic heterocycles. The number of nitrogens with zero attached hydrogens (tertiary/aromatic N) is 1. The lowest BCUT2D eigenvalue weighted by Gasteiger charge is -2.26. The number of benzene rings is 3. The van der Waals surface area contributed by atoms with Crippen molar-refractivity contribution < 1.29 is 28.9 Å². The SMILES string of the molecule is COc1ccc(N2C(=O)C(=O)/C(=C(\O)c3cccc(OCC(C)C)c3)C2c2cccc(OC(C)C)c2)cc1. The van der Waals surface area contributed by atoms with E-state index in [-0.39, 0.29) is 17.4 Å². The predicted octanol–water partition coefficient (Wildman–Crippen LogP) is 6.14. The van der Waals surface area contributed by atoms with Gasteiger partial charge >= 0.3 is 0 Å². The Kier molecular flexibility index (Phi) is 8.05. The minimum absolute atomic E-state index is 0.00600. The van der Waals surface area contributed by atoms with Gasteiger partial charge in [-0.25, -0.2) is 0 Å². The summed E-state index contributed by atoms with van der Waals surface area (Å²) in [5.74, 6) is 0.332. The maximum absolute atomic E-state index is 13.5. The number of rotatable bonds is 9. The molecule has 0 bridgehead atoms. The number of amides is 1. The lowest BCUT2D eigenvalue weighted by Crippen LogP contribution is -2.29. The van der Waals surface area contributed by atoms with Crippen LogP contribution in [0.2, 0.25) is 0 Å². The van der Waals surface area contributed by atoms with E-state index in [0.29, 0.717) is 46.6 Å². The number of ether oxygens (including phenoxy) is 3. The Morgan fingerprint density at radius 1 is 0.895 bits per heavy atom. The van der Waals surface area contributed by atoms with Gasteiger partial charge in [0, 0.05) is 11.3 Å². The van der Waals surface area contributed by atoms with E-state index in [4.69, 9.17) is 14.2 Å². The van der Waals surface area contributed by atoms with E-state index < -0.39 is 17.7 Å². The lowest BCUT2D eigenvalue weighted by atomic mass is 9.95. The highest BCUT2D eigenvalue weighted by Gasteiger charge is 2.47. The summed E-state index contributed by atoms with van der Waals surface area (Å²) in [6.07, 6.45) is -0.0632. The van der Waals surface area contributed by atoms with Gasteiger partial charge in [0.15, 0.2) is 0 Å². The Morgan fingerprint density at radius 3 is 2.24 bits per heavy atom. The lowest BCUT2D eigenvalue weighted by molar-refractivity contribution is -0.132. The molecule has 1 aliphatic heterocycles. The average Bonchev–Trinajstić information content (AvgIpc) is 3.17. The van der Waals surface area contributed by atoms with Crippen molar-refractivity contribution in [3.8, 4) is 17.2 Å². The summed E-state index contributed by atoms with van der Waals surface area (Å²) >= 11 is 0. The van der Waals surface area contributed by atoms with Crippen LogP contribution in [-0.4, -0.2) is 36.6 Å². The van der Waals surface area contributed by atoms with Crippen molar-refractivity contribution in [2.24, 2.45) is 5.92 Å². The molecule has 4 rings (SSSR count). The van der Waals surface area contributed by atoms with Crippen LogP contribution in [0.4, 0.5) is 5.69 Å². The van der Waals surface area contributed by atoms with Crippen molar-refractivity contribution in [3.63, 3.8) is 0 Å². The molecule has 0 saturated carbocycles. The number of Topliss-reactive ketones (excluding diaryl/α,β-unsaturated/α-hetero) is 1. The van der Waals surface area contributed by atoms with E-state index in [9.17, 15) is 14.7 Å². The van der Waals surface area contributed by atoms with E-state index in [2.05, 4.69) is 0 Å². The van der Waals surface area contributed by atoms with Gasteiger partial charge in [0.05, 0.1) is 31.4 Å². The Balaban J connectivity index is 1.86. The summed E-state index contributed by atoms with van der Waals surface area (Å²) < 4.78 is 17.0. The molecule has 3 aromatic rings. The number of aliphatic hydroxyl groups excluding tert-OH is 1. The van der Waals surface area contributed by atoms with Crippen molar-refractivity contribution in [1.29, 1.82) is 0 Å². The summed E-state index contributed by atoms with van der Waals surface area (Å²) in [6, 6.07) is 20.1. The van der Waals surface area contributed by atoms with Gasteiger partial charge in [-0.3, -0.25) is 14.5 Å². The third-order valence-electron chi connectivity index (χ3n) is 6.03. The molecule has 1 aliphatic rings. The fourth-order valence-electron chi connectivity index (χ4n) is 4.34. The molecule has 1 saturated heterocycles. The topological polar surface area (TPSA) is 85.3 Å². The van der Waals surface area contributed by atoms with E-state index >= 15 is 0 Å². The van der Waals surface area contributed by atoms with Crippen LogP contribution in [0.15, 0.2) is 78.4 Å². The molecule has 1 heterocycles. The van der Waals surface area contributed by atoms with E-state index in [0.717, 1.165) is 0 Å². The molecule has 198 valence electrons. The van der Waals surface area contributed by atoms with Crippen LogP contribution >= 0.6 is 0 Å². The first-order valence-corrected chi connectivity index (χ1v) is 12.6. The molecule has 1 amide bonds. The number of hydrogen-bond donors (Lipinski definition) is 1. The highest BCUT2D eigenvalue weighted by molar-refractivity contribution is 6.51. The van der Waals surface area contributed by atoms with Gasteiger partial charge in [-0.15, -0.1) is 0 Å². The number of ketones is 1. The zero-order valence-electron chi connectivity index (χ0n) is 22.3. The van der Waals surface area contributed by atoms with Gasteiger partial charge in [0.1, 0.15) is 23.0 Å². The number of carbonyl (C=O) groups is 2. The fourth-order valence-corrected chi connectivity index (χ4v) is 4.34. The van der Waals surface area contributed by atoms with Gasteiger partial charge in [0.25, 0.3) is 11.7 Å². The second-order valence-corrected chi connectivity index (χ2v) is 9.84. The zero-order chi connectivity index (χ0) is 27.4. The number of methoxy groups -OCH3 is 1. The molecule has 0 radical (unpaired) electrons. The monoisotopic (exact) mass is 515 g/mol. The highest BCUT2D eigenvalue weighted by atomic mass is 16.5. The van der Waals surface area contributed by atoms with Crippen LogP contribution in [0.5, 0.6) is 17.2 Å². The first-order valence-electron chi connectivity index (χ1n) is 12.6. The number of aliphatic hydroxyl groups is 1. The van der Waals surface area contributed by atoms with Crippen LogP contribution < -0.4 is 19.1 Å². The minimum Gasteiger partial charge on any atom is -0.507 e. The molecule has 1 atom stereocenters. The molecule has 38 heavy (non-hydrogen) atoms. The molecule has 3 aromatic carbocycles. The summed E-state index contributed by atoms with van der Waals surface area (Å²) in [7, 11) is 1.56. The zero-order valence-corrected chi connectivity index (χ0v) is 22.3. The standard InChI is InChI=1S/C31H33NO6/c1-19(2)18-37-25-10-7-9-22(17-25)29(33)27-28(21-8-6-11-26(16-21)38-20(3)4)32(31(35)30(27)34)23-12-14-24(36-5)15-13-23/h6-17,19-20,28,33H,18H2,1-5H3/b29-27-. The molecule has 1 N–H and O–H groups in total. The third kappa shape index (κ3) is 5.67. The molecular formula is C31H33NO6. The molecule has 0 aliphatic carbocycles. The normalized spacial score (nSPS) is 16.8. The van der Waals surface area contributed by atoms with Crippen molar-refractivity contribution in [2.45, 2.75) is 39.8 Å². The second kappa shape index (κ2) is 11.4. The van der Waals surface area contributed by atoms with Gasteiger partial charge in [-0.2, -0.15) is 0 Å². The third-order valence-corrected chi connectivity index (χ3v) is 6.03. The van der Waals surface area contributed by atoms with E-state index in [1.807, 2.05) is 45.9 Å². The Hall–Kier alpha value is -4.26. The smallest absolute Gasteiger partial charge is 0.300 e. The maximum Gasteiger partial charge on any atom is 0.300 e. The number of carbonyl (C=O) groups excluding carboxylic acids is 2. The van der Waals surface area contributed by atoms with Gasteiger partial charge in [-0.1, -0.05) is 38.1 Å². The number of anilines is 1. The molecule has 0 spiro atoms. The van der Waals surface area contributed by atoms with Crippen LogP contribution in [0, 0.1) is 5.92 Å². The fraction of sp³-hybridized carbons (Fsp3) is 0.290. The van der Waals surface area contributed by atoms with Gasteiger partial charge in [0.2, 0.25) is 0 Å². The Bertz CT molecular complexity index is 1340. The number of hydrogen-bond acceptors (Lipinski definition) is 6. The minimum atomic E-state index is -0.876. The first-order chi connectivity index (χ1) is 18.2. The van der Waals surface area contributed by atoms with Crippen LogP contribution in [0.25, 0.3) is 5.76 Å². The largest absolute Gasteiger partial charge is 0.507 e. The predicted molar refractivity (Wildman–Crippen MR) is 147 cm³/mol. The van der Waals surface area contributed by atoms with Gasteiger partial charge < -0.3 is 19.3 Å². The maximum atomic E-state index is 13.5. The average molecular weight is 516 g/mol. The quantitative estimate of drug-likeness (QED) is 0.209. The summed E-state index contributed by atoms with van der Waals surface area (Å²) in [4.78, 5) is 28.3. The molecule has 1 fully saturated rings. The summed E-state index contributed by atoms with van der Waals surface area (Å²) in [5, 5.41) is 11.5. The molecule has 7 heteroatoms. The van der Waals surface area contributed by atoms with Crippen LogP contribution in [-0.2, 0) is 9.59 Å². The Morgan fingerprint density at radius 2 is 1.58 bits per heavy atom. The molecular weight excluding hydrogens is 482 g/mol. The molecule has 1 unspecified atom stereocenters. The Labute approximate surface area is 223 Å². The van der Waals surface area contributed by atoms with Crippen molar-refractivity contribution >= 4 is 23.1 Å². The first kappa shape index (κ1) is 26.8.